The summed E-state index contributed by atoms with van der Waals surface area (Å²) in [6.07, 6.45) is 12.0. The highest BCUT2D eigenvalue weighted by atomic mass is 16.1. The lowest BCUT2D eigenvalue weighted by molar-refractivity contribution is -0.118. The molecule has 0 radical (unpaired) electrons. The highest BCUT2D eigenvalue weighted by molar-refractivity contribution is 5.81. The van der Waals surface area contributed by atoms with Crippen LogP contribution in [0.5, 0.6) is 0 Å². The second-order valence-electron chi connectivity index (χ2n) is 3.06. The van der Waals surface area contributed by atoms with Crippen LogP contribution in [0.25, 0.3) is 0 Å². The van der Waals surface area contributed by atoms with E-state index >= 15 is 0 Å². The molecule has 0 bridgehead atoms. The molecule has 0 aromatic heterocycles. The number of rotatable bonds is 4. The zero-order valence-electron chi connectivity index (χ0n) is 7.70. The van der Waals surface area contributed by atoms with Crippen molar-refractivity contribution < 1.29 is 4.79 Å². The van der Waals surface area contributed by atoms with Gasteiger partial charge >= 0.3 is 0 Å². The van der Waals surface area contributed by atoms with Crippen LogP contribution in [-0.2, 0) is 4.79 Å². The molecular formula is C11H15NO. The van der Waals surface area contributed by atoms with Gasteiger partial charge in [0.05, 0.1) is 0 Å². The van der Waals surface area contributed by atoms with Crippen LogP contribution in [0, 0.1) is 0 Å². The molecule has 0 fully saturated rings. The van der Waals surface area contributed by atoms with Crippen molar-refractivity contribution in [1.82, 2.24) is 0 Å². The molecule has 2 N–H and O–H groups in total. The standard InChI is InChI=1S/C11H15NO/c12-8-7-11(13)9-10-5-3-1-2-4-6-10/h1-3,5-6H,4,7-9,12H2. The third-order valence-electron chi connectivity index (χ3n) is 1.90. The quantitative estimate of drug-likeness (QED) is 0.710. The molecule has 1 rings (SSSR count). The number of hydrogen-bond acceptors (Lipinski definition) is 2. The minimum Gasteiger partial charge on any atom is -0.330 e. The average molecular weight is 177 g/mol. The lowest BCUT2D eigenvalue weighted by Crippen LogP contribution is -2.07. The molecule has 0 saturated heterocycles. The summed E-state index contributed by atoms with van der Waals surface area (Å²) in [6.45, 7) is 0.452. The number of nitrogens with two attached hydrogens (primary N) is 1. The molecule has 0 atom stereocenters. The number of carbonyl (C=O) groups excluding carboxylic acids is 1. The maximum absolute atomic E-state index is 11.2. The van der Waals surface area contributed by atoms with E-state index in [0.29, 0.717) is 19.4 Å². The van der Waals surface area contributed by atoms with E-state index in [9.17, 15) is 4.79 Å². The number of ketones is 1. The van der Waals surface area contributed by atoms with Gasteiger partial charge in [0.25, 0.3) is 0 Å². The van der Waals surface area contributed by atoms with E-state index < -0.39 is 0 Å². The van der Waals surface area contributed by atoms with E-state index in [4.69, 9.17) is 5.73 Å². The monoisotopic (exact) mass is 177 g/mol. The molecule has 0 aromatic carbocycles. The molecule has 0 heterocycles. The van der Waals surface area contributed by atoms with Gasteiger partial charge in [-0.2, -0.15) is 0 Å². The van der Waals surface area contributed by atoms with Gasteiger partial charge in [-0.05, 0) is 18.5 Å². The maximum Gasteiger partial charge on any atom is 0.138 e. The summed E-state index contributed by atoms with van der Waals surface area (Å²) < 4.78 is 0. The van der Waals surface area contributed by atoms with Gasteiger partial charge in [-0.25, -0.2) is 0 Å². The number of allylic oxidation sites excluding steroid dienone is 6. The topological polar surface area (TPSA) is 43.1 Å². The normalized spacial score (nSPS) is 15.3. The van der Waals surface area contributed by atoms with Crippen molar-refractivity contribution in [2.75, 3.05) is 6.54 Å². The van der Waals surface area contributed by atoms with Crippen LogP contribution in [-0.4, -0.2) is 12.3 Å². The molecule has 0 unspecified atom stereocenters. The summed E-state index contributed by atoms with van der Waals surface area (Å²) in [5, 5.41) is 0. The predicted molar refractivity (Wildman–Crippen MR) is 54.3 cm³/mol. The Morgan fingerprint density at radius 2 is 2.31 bits per heavy atom. The summed E-state index contributed by atoms with van der Waals surface area (Å²) in [5.74, 6) is 0.223. The molecule has 0 aliphatic heterocycles. The third kappa shape index (κ3) is 3.85. The molecule has 1 aliphatic rings. The van der Waals surface area contributed by atoms with E-state index in [0.717, 1.165) is 12.0 Å². The van der Waals surface area contributed by atoms with E-state index in [1.165, 1.54) is 0 Å². The van der Waals surface area contributed by atoms with Gasteiger partial charge in [-0.1, -0.05) is 30.4 Å². The van der Waals surface area contributed by atoms with Crippen LogP contribution in [0.15, 0.2) is 36.0 Å². The number of Topliss-reactive ketones (excluding diaryl/α,β-unsaturated/α-hetero) is 1. The largest absolute Gasteiger partial charge is 0.330 e. The van der Waals surface area contributed by atoms with Crippen molar-refractivity contribution in [3.05, 3.63) is 36.0 Å². The van der Waals surface area contributed by atoms with E-state index in [1.807, 2.05) is 18.2 Å². The molecule has 70 valence electrons. The Kier molecular flexibility index (Phi) is 4.19. The van der Waals surface area contributed by atoms with Gasteiger partial charge < -0.3 is 5.73 Å². The van der Waals surface area contributed by atoms with Crippen molar-refractivity contribution in [1.29, 1.82) is 0 Å². The van der Waals surface area contributed by atoms with Gasteiger partial charge in [-0.3, -0.25) is 4.79 Å². The highest BCUT2D eigenvalue weighted by Crippen LogP contribution is 2.10. The maximum atomic E-state index is 11.2. The second-order valence-corrected chi connectivity index (χ2v) is 3.06. The first kappa shape index (κ1) is 9.93. The molecule has 1 aliphatic carbocycles. The molecule has 2 heteroatoms. The zero-order valence-corrected chi connectivity index (χ0v) is 7.70. The van der Waals surface area contributed by atoms with E-state index in [-0.39, 0.29) is 5.78 Å². The average Bonchev–Trinajstić information content (AvgIpc) is 2.33. The summed E-state index contributed by atoms with van der Waals surface area (Å²) in [4.78, 5) is 11.2. The predicted octanol–water partition coefficient (Wildman–Crippen LogP) is 1.74. The van der Waals surface area contributed by atoms with Gasteiger partial charge in [0.15, 0.2) is 0 Å². The number of carbonyl (C=O) groups is 1. The molecule has 2 nitrogen and oxygen atoms in total. The second kappa shape index (κ2) is 5.49. The molecule has 0 amide bonds. The Labute approximate surface area is 78.8 Å². The van der Waals surface area contributed by atoms with E-state index in [2.05, 4.69) is 12.2 Å². The van der Waals surface area contributed by atoms with Gasteiger partial charge in [0.2, 0.25) is 0 Å². The smallest absolute Gasteiger partial charge is 0.138 e. The Morgan fingerprint density at radius 1 is 1.46 bits per heavy atom. The summed E-state index contributed by atoms with van der Waals surface area (Å²) in [5.41, 5.74) is 6.40. The third-order valence-corrected chi connectivity index (χ3v) is 1.90. The van der Waals surface area contributed by atoms with Crippen molar-refractivity contribution >= 4 is 5.78 Å². The van der Waals surface area contributed by atoms with Crippen molar-refractivity contribution in [2.24, 2.45) is 5.73 Å². The summed E-state index contributed by atoms with van der Waals surface area (Å²) in [7, 11) is 0. The minimum absolute atomic E-state index is 0.223. The fourth-order valence-corrected chi connectivity index (χ4v) is 1.23. The first-order chi connectivity index (χ1) is 6.33. The van der Waals surface area contributed by atoms with Crippen LogP contribution in [0.1, 0.15) is 19.3 Å². The van der Waals surface area contributed by atoms with Crippen LogP contribution in [0.4, 0.5) is 0 Å². The first-order valence-electron chi connectivity index (χ1n) is 4.57. The molecule has 0 aromatic rings. The van der Waals surface area contributed by atoms with Gasteiger partial charge in [0, 0.05) is 12.8 Å². The Balaban J connectivity index is 2.44. The molecule has 0 saturated carbocycles. The van der Waals surface area contributed by atoms with Crippen LogP contribution < -0.4 is 5.73 Å². The van der Waals surface area contributed by atoms with Crippen molar-refractivity contribution in [3.63, 3.8) is 0 Å². The van der Waals surface area contributed by atoms with Crippen molar-refractivity contribution in [3.8, 4) is 0 Å². The van der Waals surface area contributed by atoms with Crippen molar-refractivity contribution in [2.45, 2.75) is 19.3 Å². The van der Waals surface area contributed by atoms with Crippen LogP contribution in [0.3, 0.4) is 0 Å². The molecular weight excluding hydrogens is 162 g/mol. The van der Waals surface area contributed by atoms with E-state index in [1.54, 1.807) is 0 Å². The van der Waals surface area contributed by atoms with Crippen LogP contribution >= 0.6 is 0 Å². The summed E-state index contributed by atoms with van der Waals surface area (Å²) in [6, 6.07) is 0. The lowest BCUT2D eigenvalue weighted by Gasteiger charge is -1.99. The minimum atomic E-state index is 0.223. The molecule has 0 spiro atoms. The Hall–Kier alpha value is -1.15. The Bertz CT molecular complexity index is 261. The molecule has 13 heavy (non-hydrogen) atoms. The fraction of sp³-hybridized carbons (Fsp3) is 0.364. The SMILES string of the molecule is NCCC(=O)CC1=CCC=CC=C1. The zero-order chi connectivity index (χ0) is 9.52. The Morgan fingerprint density at radius 3 is 3.08 bits per heavy atom. The summed E-state index contributed by atoms with van der Waals surface area (Å²) >= 11 is 0. The lowest BCUT2D eigenvalue weighted by atomic mass is 10.1. The van der Waals surface area contributed by atoms with Gasteiger partial charge in [0.1, 0.15) is 5.78 Å². The van der Waals surface area contributed by atoms with Gasteiger partial charge in [-0.15, -0.1) is 0 Å². The highest BCUT2D eigenvalue weighted by Gasteiger charge is 2.02. The fourth-order valence-electron chi connectivity index (χ4n) is 1.23. The number of hydrogen-bond donors (Lipinski definition) is 1. The first-order valence-corrected chi connectivity index (χ1v) is 4.57. The van der Waals surface area contributed by atoms with Crippen LogP contribution in [0.2, 0.25) is 0 Å².